The van der Waals surface area contributed by atoms with Crippen LogP contribution in [0.4, 0.5) is 5.69 Å². The van der Waals surface area contributed by atoms with Crippen LogP contribution in [0.1, 0.15) is 16.7 Å². The quantitative estimate of drug-likeness (QED) is 0.379. The zero-order chi connectivity index (χ0) is 22.2. The number of benzene rings is 3. The molecule has 0 unspecified atom stereocenters. The van der Waals surface area contributed by atoms with Gasteiger partial charge in [-0.05, 0) is 66.1 Å². The Hall–Kier alpha value is -3.75. The maximum atomic E-state index is 12.4. The van der Waals surface area contributed by atoms with Crippen LogP contribution in [0.5, 0.6) is 11.5 Å². The number of aryl methyl sites for hydroxylation is 1. The van der Waals surface area contributed by atoms with Crippen LogP contribution in [-0.4, -0.2) is 13.0 Å². The molecular formula is C25H21ClN2O3. The van der Waals surface area contributed by atoms with Gasteiger partial charge in [0.05, 0.1) is 7.11 Å². The highest BCUT2D eigenvalue weighted by molar-refractivity contribution is 6.31. The van der Waals surface area contributed by atoms with Crippen molar-refractivity contribution in [1.29, 1.82) is 5.26 Å². The number of ether oxygens (including phenoxy) is 2. The van der Waals surface area contributed by atoms with Gasteiger partial charge >= 0.3 is 0 Å². The first-order chi connectivity index (χ1) is 15.0. The Kier molecular flexibility index (Phi) is 7.31. The average molecular weight is 433 g/mol. The molecule has 6 heteroatoms. The summed E-state index contributed by atoms with van der Waals surface area (Å²) in [6.07, 6.45) is 1.53. The molecule has 0 radical (unpaired) electrons. The number of hydrogen-bond donors (Lipinski definition) is 1. The lowest BCUT2D eigenvalue weighted by molar-refractivity contribution is -0.112. The minimum Gasteiger partial charge on any atom is -0.497 e. The van der Waals surface area contributed by atoms with E-state index in [4.69, 9.17) is 21.1 Å². The van der Waals surface area contributed by atoms with Gasteiger partial charge in [-0.25, -0.2) is 0 Å². The summed E-state index contributed by atoms with van der Waals surface area (Å²) in [5, 5.41) is 12.6. The lowest BCUT2D eigenvalue weighted by atomic mass is 10.1. The summed E-state index contributed by atoms with van der Waals surface area (Å²) in [7, 11) is 1.63. The monoisotopic (exact) mass is 432 g/mol. The normalized spacial score (nSPS) is 10.8. The lowest BCUT2D eigenvalue weighted by Gasteiger charge is -2.08. The number of rotatable bonds is 7. The standard InChI is InChI=1S/C25H21ClN2O3/c1-17-3-8-21(14-24(17)26)28-25(29)20(15-27)13-18-4-11-23(12-5-18)31-16-19-6-9-22(30-2)10-7-19/h3-14H,16H2,1-2H3,(H,28,29)/b20-13+. The fourth-order valence-electron chi connectivity index (χ4n) is 2.73. The van der Waals surface area contributed by atoms with Crippen LogP contribution in [0.25, 0.3) is 6.08 Å². The van der Waals surface area contributed by atoms with E-state index in [-0.39, 0.29) is 5.57 Å². The number of carbonyl (C=O) groups is 1. The summed E-state index contributed by atoms with van der Waals surface area (Å²) < 4.78 is 10.9. The summed E-state index contributed by atoms with van der Waals surface area (Å²) in [5.74, 6) is 0.982. The van der Waals surface area contributed by atoms with E-state index in [1.165, 1.54) is 6.08 Å². The molecule has 0 aliphatic heterocycles. The molecule has 1 amide bonds. The molecule has 0 fully saturated rings. The molecule has 1 N–H and O–H groups in total. The molecule has 3 aromatic rings. The number of nitriles is 1. The molecule has 0 aliphatic carbocycles. The lowest BCUT2D eigenvalue weighted by Crippen LogP contribution is -2.13. The Bertz CT molecular complexity index is 1130. The van der Waals surface area contributed by atoms with Crippen LogP contribution >= 0.6 is 11.6 Å². The third-order valence-electron chi connectivity index (χ3n) is 4.55. The predicted molar refractivity (Wildman–Crippen MR) is 122 cm³/mol. The van der Waals surface area contributed by atoms with E-state index in [1.54, 1.807) is 49.6 Å². The maximum absolute atomic E-state index is 12.4. The van der Waals surface area contributed by atoms with Crippen molar-refractivity contribution in [3.05, 3.63) is 94.0 Å². The van der Waals surface area contributed by atoms with Crippen LogP contribution in [0.3, 0.4) is 0 Å². The largest absolute Gasteiger partial charge is 0.497 e. The van der Waals surface area contributed by atoms with Gasteiger partial charge in [0, 0.05) is 10.7 Å². The van der Waals surface area contributed by atoms with E-state index >= 15 is 0 Å². The third kappa shape index (κ3) is 6.11. The number of anilines is 1. The van der Waals surface area contributed by atoms with Crippen molar-refractivity contribution in [2.24, 2.45) is 0 Å². The van der Waals surface area contributed by atoms with Crippen molar-refractivity contribution >= 4 is 29.3 Å². The molecule has 3 aromatic carbocycles. The molecule has 0 saturated carbocycles. The zero-order valence-corrected chi connectivity index (χ0v) is 17.9. The van der Waals surface area contributed by atoms with E-state index < -0.39 is 5.91 Å². The Labute approximate surface area is 186 Å². The molecule has 0 saturated heterocycles. The molecule has 0 atom stereocenters. The minimum absolute atomic E-state index is 0.0106. The predicted octanol–water partition coefficient (Wildman–Crippen LogP) is 5.78. The Morgan fingerprint density at radius 1 is 1.06 bits per heavy atom. The van der Waals surface area contributed by atoms with Gasteiger partial charge in [0.25, 0.3) is 5.91 Å². The molecular weight excluding hydrogens is 412 g/mol. The number of halogens is 1. The number of nitrogens with one attached hydrogen (secondary N) is 1. The highest BCUT2D eigenvalue weighted by Crippen LogP contribution is 2.21. The van der Waals surface area contributed by atoms with Gasteiger partial charge < -0.3 is 14.8 Å². The van der Waals surface area contributed by atoms with Gasteiger partial charge in [-0.3, -0.25) is 4.79 Å². The molecule has 0 bridgehead atoms. The van der Waals surface area contributed by atoms with E-state index in [9.17, 15) is 10.1 Å². The molecule has 0 spiro atoms. The van der Waals surface area contributed by atoms with Crippen molar-refractivity contribution in [3.8, 4) is 17.6 Å². The number of amides is 1. The van der Waals surface area contributed by atoms with Crippen LogP contribution in [0.15, 0.2) is 72.3 Å². The second kappa shape index (κ2) is 10.3. The molecule has 156 valence electrons. The third-order valence-corrected chi connectivity index (χ3v) is 4.96. The summed E-state index contributed by atoms with van der Waals surface area (Å²) in [6, 6.07) is 21.9. The van der Waals surface area contributed by atoms with Gasteiger partial charge in [-0.2, -0.15) is 5.26 Å². The number of nitrogens with zero attached hydrogens (tertiary/aromatic N) is 1. The fourth-order valence-corrected chi connectivity index (χ4v) is 2.91. The molecule has 0 heterocycles. The molecule has 0 aromatic heterocycles. The SMILES string of the molecule is COc1ccc(COc2ccc(/C=C(\C#N)C(=O)Nc3ccc(C)c(Cl)c3)cc2)cc1. The van der Waals surface area contributed by atoms with Crippen LogP contribution in [0, 0.1) is 18.3 Å². The summed E-state index contributed by atoms with van der Waals surface area (Å²) in [5.41, 5.74) is 3.16. The number of hydrogen-bond acceptors (Lipinski definition) is 4. The Balaban J connectivity index is 1.63. The van der Waals surface area contributed by atoms with Gasteiger partial charge in [0.1, 0.15) is 29.7 Å². The van der Waals surface area contributed by atoms with Crippen molar-refractivity contribution < 1.29 is 14.3 Å². The van der Waals surface area contributed by atoms with E-state index in [2.05, 4.69) is 5.32 Å². The zero-order valence-electron chi connectivity index (χ0n) is 17.2. The van der Waals surface area contributed by atoms with Crippen molar-refractivity contribution in [1.82, 2.24) is 0 Å². The minimum atomic E-state index is -0.498. The van der Waals surface area contributed by atoms with E-state index in [1.807, 2.05) is 37.3 Å². The van der Waals surface area contributed by atoms with Crippen molar-refractivity contribution in [3.63, 3.8) is 0 Å². The van der Waals surface area contributed by atoms with Crippen molar-refractivity contribution in [2.45, 2.75) is 13.5 Å². The first-order valence-corrected chi connectivity index (χ1v) is 9.91. The Morgan fingerprint density at radius 3 is 2.35 bits per heavy atom. The molecule has 31 heavy (non-hydrogen) atoms. The molecule has 5 nitrogen and oxygen atoms in total. The van der Waals surface area contributed by atoms with Crippen LogP contribution in [-0.2, 0) is 11.4 Å². The summed E-state index contributed by atoms with van der Waals surface area (Å²) in [4.78, 5) is 12.4. The van der Waals surface area contributed by atoms with E-state index in [0.29, 0.717) is 28.6 Å². The van der Waals surface area contributed by atoms with Gasteiger partial charge in [0.2, 0.25) is 0 Å². The summed E-state index contributed by atoms with van der Waals surface area (Å²) >= 11 is 6.09. The van der Waals surface area contributed by atoms with Gasteiger partial charge in [-0.1, -0.05) is 41.9 Å². The van der Waals surface area contributed by atoms with Gasteiger partial charge in [0.15, 0.2) is 0 Å². The fraction of sp³-hybridized carbons (Fsp3) is 0.120. The second-order valence-corrected chi connectivity index (χ2v) is 7.20. The first kappa shape index (κ1) is 21.9. The second-order valence-electron chi connectivity index (χ2n) is 6.79. The highest BCUT2D eigenvalue weighted by Gasteiger charge is 2.10. The maximum Gasteiger partial charge on any atom is 0.266 e. The first-order valence-electron chi connectivity index (χ1n) is 9.53. The number of methoxy groups -OCH3 is 1. The topological polar surface area (TPSA) is 71.3 Å². The smallest absolute Gasteiger partial charge is 0.266 e. The average Bonchev–Trinajstić information content (AvgIpc) is 2.79. The molecule has 0 aliphatic rings. The van der Waals surface area contributed by atoms with Crippen LogP contribution in [0.2, 0.25) is 5.02 Å². The van der Waals surface area contributed by atoms with Crippen molar-refractivity contribution in [2.75, 3.05) is 12.4 Å². The van der Waals surface area contributed by atoms with Crippen LogP contribution < -0.4 is 14.8 Å². The summed E-state index contributed by atoms with van der Waals surface area (Å²) in [6.45, 7) is 2.29. The number of carbonyl (C=O) groups excluding carboxylic acids is 1. The highest BCUT2D eigenvalue weighted by atomic mass is 35.5. The Morgan fingerprint density at radius 2 is 1.74 bits per heavy atom. The van der Waals surface area contributed by atoms with E-state index in [0.717, 1.165) is 16.9 Å². The van der Waals surface area contributed by atoms with Gasteiger partial charge in [-0.15, -0.1) is 0 Å². The molecule has 3 rings (SSSR count).